The Morgan fingerprint density at radius 1 is 1.00 bits per heavy atom. The van der Waals surface area contributed by atoms with Crippen molar-refractivity contribution < 1.29 is 40.5 Å². The molecule has 0 amide bonds. The normalized spacial score (nSPS) is 11.6. The van der Waals surface area contributed by atoms with E-state index in [1.165, 1.54) is 29.5 Å². The average Bonchev–Trinajstić information content (AvgIpc) is 2.81. The van der Waals surface area contributed by atoms with E-state index >= 15 is 0 Å². The molecule has 0 aromatic heterocycles. The Morgan fingerprint density at radius 2 is 1.52 bits per heavy atom. The van der Waals surface area contributed by atoms with Gasteiger partial charge in [0.1, 0.15) is 11.5 Å². The fraction of sp³-hybridized carbons (Fsp3) is 0.600. The van der Waals surface area contributed by atoms with Gasteiger partial charge in [-0.25, -0.2) is 0 Å². The number of unbranched alkanes of at least 4 members (excludes halogenated alkanes) is 2. The first-order chi connectivity index (χ1) is 15.2. The monoisotopic (exact) mass is 509 g/mol. The van der Waals surface area contributed by atoms with Gasteiger partial charge in [0.25, 0.3) is 8.32 Å². The molecule has 8 heteroatoms. The Hall–Kier alpha value is -1.72. The van der Waals surface area contributed by atoms with Gasteiger partial charge in [-0.15, -0.1) is 0 Å². The van der Waals surface area contributed by atoms with Crippen LogP contribution < -0.4 is 9.16 Å². The van der Waals surface area contributed by atoms with Crippen molar-refractivity contribution >= 4 is 8.32 Å². The van der Waals surface area contributed by atoms with E-state index < -0.39 is 8.32 Å². The van der Waals surface area contributed by atoms with Gasteiger partial charge in [0.2, 0.25) is 0 Å². The molecule has 0 fully saturated rings. The maximum absolute atomic E-state index is 8.81. The van der Waals surface area contributed by atoms with Crippen molar-refractivity contribution in [1.82, 2.24) is 0 Å². The molecule has 0 radical (unpaired) electrons. The standard InChI is InChI=1S/C22H35NO2Si.3CO.Cr/c1-22(2,3)26(5,6)25-21-17(12-8-7-11-15-23)16-20(24-4)18-13-9-10-14-19(18)21;3*1-2;/h16H,7-14H2,1-6H3;;;;. The molecule has 6 nitrogen and oxygen atoms in total. The molecule has 1 aliphatic carbocycles. The van der Waals surface area contributed by atoms with Gasteiger partial charge < -0.3 is 9.16 Å². The third kappa shape index (κ3) is 10.8. The van der Waals surface area contributed by atoms with E-state index in [0.717, 1.165) is 43.6 Å². The van der Waals surface area contributed by atoms with Crippen molar-refractivity contribution in [1.29, 1.82) is 5.26 Å². The summed E-state index contributed by atoms with van der Waals surface area (Å²) in [6, 6.07) is 4.46. The zero-order valence-corrected chi connectivity index (χ0v) is 22.9. The third-order valence-corrected chi connectivity index (χ3v) is 10.3. The summed E-state index contributed by atoms with van der Waals surface area (Å²) in [6.45, 7) is 25.0. The summed E-state index contributed by atoms with van der Waals surface area (Å²) in [4.78, 5) is 0. The van der Waals surface area contributed by atoms with Crippen molar-refractivity contribution in [3.8, 4) is 17.6 Å². The topological polar surface area (TPSA) is 102 Å². The predicted molar refractivity (Wildman–Crippen MR) is 122 cm³/mol. The second-order valence-electron chi connectivity index (χ2n) is 8.96. The van der Waals surface area contributed by atoms with Crippen molar-refractivity contribution in [2.24, 2.45) is 0 Å². The third-order valence-electron chi connectivity index (χ3n) is 6.00. The summed E-state index contributed by atoms with van der Waals surface area (Å²) in [5.74, 6) is 2.17. The molecule has 0 bridgehead atoms. The molecular formula is C25H35CrNO5Si. The van der Waals surface area contributed by atoms with E-state index in [4.69, 9.17) is 28.4 Å². The molecule has 0 atom stereocenters. The molecule has 0 saturated carbocycles. The summed E-state index contributed by atoms with van der Waals surface area (Å²) in [5, 5.41) is 8.98. The van der Waals surface area contributed by atoms with Crippen LogP contribution in [0.3, 0.4) is 0 Å². The predicted octanol–water partition coefficient (Wildman–Crippen LogP) is 6.08. The minimum atomic E-state index is -1.91. The Morgan fingerprint density at radius 3 is 1.97 bits per heavy atom. The van der Waals surface area contributed by atoms with Gasteiger partial charge >= 0.3 is 33.9 Å². The van der Waals surface area contributed by atoms with E-state index in [1.807, 2.05) is 0 Å². The van der Waals surface area contributed by atoms with E-state index in [2.05, 4.69) is 66.0 Å². The number of fused-ring (bicyclic) bond motifs is 1. The van der Waals surface area contributed by atoms with Gasteiger partial charge in [-0.3, -0.25) is 0 Å². The first kappa shape index (κ1) is 35.9. The molecule has 33 heavy (non-hydrogen) atoms. The molecule has 0 spiro atoms. The average molecular weight is 510 g/mol. The molecule has 2 rings (SSSR count). The Balaban J connectivity index is -0.00000119. The number of ether oxygens (including phenoxy) is 1. The summed E-state index contributed by atoms with van der Waals surface area (Å²) in [5.41, 5.74) is 4.01. The number of benzene rings is 1. The number of nitriles is 1. The van der Waals surface area contributed by atoms with Crippen LogP contribution in [0.4, 0.5) is 0 Å². The van der Waals surface area contributed by atoms with E-state index in [1.54, 1.807) is 7.11 Å². The fourth-order valence-electron chi connectivity index (χ4n) is 3.36. The van der Waals surface area contributed by atoms with Gasteiger partial charge in [-0.1, -0.05) is 20.8 Å². The van der Waals surface area contributed by atoms with Crippen LogP contribution in [-0.4, -0.2) is 15.4 Å². The summed E-state index contributed by atoms with van der Waals surface area (Å²) < 4.78 is 35.1. The van der Waals surface area contributed by atoms with Gasteiger partial charge in [0.05, 0.1) is 13.2 Å². The molecule has 180 valence electrons. The van der Waals surface area contributed by atoms with E-state index in [-0.39, 0.29) is 22.4 Å². The molecule has 0 heterocycles. The molecule has 1 aromatic rings. The molecule has 0 aliphatic heterocycles. The van der Waals surface area contributed by atoms with Gasteiger partial charge in [0.15, 0.2) is 0 Å². The van der Waals surface area contributed by atoms with Crippen LogP contribution in [0.25, 0.3) is 0 Å². The SMILES string of the molecule is COc1cc(CCCCC#N)c(O[Si](C)(C)C(C)(C)C)c2c1CCCC2.[C-]#[O+].[C-]#[O+].[C-]#[O+].[Cr]. The largest absolute Gasteiger partial charge is 0 e. The zero-order valence-electron chi connectivity index (χ0n) is 20.6. The number of rotatable bonds is 7. The molecule has 0 N–H and O–H groups in total. The number of methoxy groups -OCH3 is 1. The first-order valence-corrected chi connectivity index (χ1v) is 13.5. The van der Waals surface area contributed by atoms with Gasteiger partial charge in [-0.2, -0.15) is 5.26 Å². The van der Waals surface area contributed by atoms with Crippen molar-refractivity contribution in [3.63, 3.8) is 0 Å². The minimum Gasteiger partial charge on any atom is 0 e. The molecule has 1 aromatic carbocycles. The van der Waals surface area contributed by atoms with Gasteiger partial charge in [0, 0.05) is 29.3 Å². The maximum atomic E-state index is 8.81. The second-order valence-corrected chi connectivity index (χ2v) is 13.7. The van der Waals surface area contributed by atoms with Crippen LogP contribution >= 0.6 is 0 Å². The van der Waals surface area contributed by atoms with Crippen molar-refractivity contribution in [2.75, 3.05) is 7.11 Å². The number of hydrogen-bond acceptors (Lipinski definition) is 3. The van der Waals surface area contributed by atoms with Crippen LogP contribution in [0.5, 0.6) is 11.5 Å². The summed E-state index contributed by atoms with van der Waals surface area (Å²) in [7, 11) is -0.136. The van der Waals surface area contributed by atoms with Crippen LogP contribution in [-0.2, 0) is 50.6 Å². The quantitative estimate of drug-likeness (QED) is 0.193. The van der Waals surface area contributed by atoms with E-state index in [9.17, 15) is 0 Å². The van der Waals surface area contributed by atoms with Crippen LogP contribution in [0.2, 0.25) is 18.1 Å². The first-order valence-electron chi connectivity index (χ1n) is 10.6. The maximum Gasteiger partial charge on any atom is 0 e. The minimum absolute atomic E-state index is 0. The molecule has 0 unspecified atom stereocenters. The number of aryl methyl sites for hydroxylation is 1. The Bertz CT molecular complexity index is 790. The fourth-order valence-corrected chi connectivity index (χ4v) is 4.43. The van der Waals surface area contributed by atoms with Gasteiger partial charge in [-0.05, 0) is 80.3 Å². The Kier molecular flexibility index (Phi) is 20.3. The molecule has 0 saturated heterocycles. The van der Waals surface area contributed by atoms with E-state index in [0.29, 0.717) is 6.42 Å². The van der Waals surface area contributed by atoms with Crippen LogP contribution in [0.15, 0.2) is 6.07 Å². The zero-order chi connectivity index (χ0) is 25.4. The number of nitrogens with zero attached hydrogens (tertiary/aromatic N) is 1. The summed E-state index contributed by atoms with van der Waals surface area (Å²) >= 11 is 0. The van der Waals surface area contributed by atoms with Crippen molar-refractivity contribution in [2.45, 2.75) is 90.3 Å². The van der Waals surface area contributed by atoms with Crippen LogP contribution in [0, 0.1) is 31.3 Å². The summed E-state index contributed by atoms with van der Waals surface area (Å²) in [6.07, 6.45) is 8.16. The Labute approximate surface area is 211 Å². The smallest absolute Gasteiger partial charge is 0 e. The van der Waals surface area contributed by atoms with Crippen LogP contribution in [0.1, 0.15) is 69.6 Å². The second kappa shape index (κ2) is 18.7. The molecule has 1 aliphatic rings. The van der Waals surface area contributed by atoms with Crippen molar-refractivity contribution in [3.05, 3.63) is 42.7 Å². The molecular weight excluding hydrogens is 474 g/mol. The number of hydrogen-bond donors (Lipinski definition) is 0.